The summed E-state index contributed by atoms with van der Waals surface area (Å²) in [5.41, 5.74) is 5.90. The first-order valence-corrected chi connectivity index (χ1v) is 10.7. The molecule has 1 N–H and O–H groups in total. The van der Waals surface area contributed by atoms with Gasteiger partial charge in [0.05, 0.1) is 5.69 Å². The van der Waals surface area contributed by atoms with Crippen LogP contribution in [0, 0.1) is 5.82 Å². The first-order valence-electron chi connectivity index (χ1n) is 10.3. The number of aromatic nitrogens is 3. The predicted molar refractivity (Wildman–Crippen MR) is 119 cm³/mol. The van der Waals surface area contributed by atoms with Crippen LogP contribution in [0.5, 0.6) is 0 Å². The van der Waals surface area contributed by atoms with Crippen molar-refractivity contribution in [3.63, 3.8) is 0 Å². The molecule has 0 atom stereocenters. The quantitative estimate of drug-likeness (QED) is 0.448. The standard InChI is InChI=1S/C24H22ClFN4/c25-18-10-8-16(9-11-18)12-13-27-24-20-6-1-2-7-21(20)28-23-15-22(29-30(23)24)17-4-3-5-19(26)14-17/h3-5,8-11,14-15,27H,1-2,6-7,12-13H2. The lowest BCUT2D eigenvalue weighted by Crippen LogP contribution is -2.17. The first-order chi connectivity index (χ1) is 14.7. The molecule has 0 amide bonds. The molecule has 0 saturated carbocycles. The van der Waals surface area contributed by atoms with Gasteiger partial charge in [-0.25, -0.2) is 9.37 Å². The molecule has 2 aromatic heterocycles. The minimum absolute atomic E-state index is 0.266. The largest absolute Gasteiger partial charge is 0.369 e. The number of nitrogens with one attached hydrogen (secondary N) is 1. The van der Waals surface area contributed by atoms with E-state index in [1.54, 1.807) is 6.07 Å². The van der Waals surface area contributed by atoms with Gasteiger partial charge in [-0.1, -0.05) is 35.9 Å². The van der Waals surface area contributed by atoms with Gasteiger partial charge in [0, 0.05) is 34.5 Å². The highest BCUT2D eigenvalue weighted by molar-refractivity contribution is 6.30. The van der Waals surface area contributed by atoms with Crippen LogP contribution in [0.3, 0.4) is 0 Å². The zero-order valence-electron chi connectivity index (χ0n) is 16.5. The topological polar surface area (TPSA) is 42.2 Å². The van der Waals surface area contributed by atoms with Crippen molar-refractivity contribution >= 4 is 23.1 Å². The summed E-state index contributed by atoms with van der Waals surface area (Å²) in [6.45, 7) is 0.780. The smallest absolute Gasteiger partial charge is 0.158 e. The van der Waals surface area contributed by atoms with E-state index in [0.717, 1.165) is 72.1 Å². The molecule has 5 rings (SSSR count). The number of fused-ring (bicyclic) bond motifs is 2. The molecule has 2 heterocycles. The van der Waals surface area contributed by atoms with Crippen LogP contribution in [0.2, 0.25) is 5.02 Å². The molecule has 30 heavy (non-hydrogen) atoms. The maximum absolute atomic E-state index is 13.7. The Morgan fingerprint density at radius 3 is 2.70 bits per heavy atom. The number of hydrogen-bond acceptors (Lipinski definition) is 3. The SMILES string of the molecule is Fc1cccc(-c2cc3nc4c(c(NCCc5ccc(Cl)cc5)n3n2)CCCC4)c1. The molecular formula is C24H22ClFN4. The van der Waals surface area contributed by atoms with Crippen molar-refractivity contribution in [3.8, 4) is 11.3 Å². The zero-order chi connectivity index (χ0) is 20.5. The monoisotopic (exact) mass is 420 g/mol. The zero-order valence-corrected chi connectivity index (χ0v) is 17.3. The molecule has 2 aromatic carbocycles. The summed E-state index contributed by atoms with van der Waals surface area (Å²) in [7, 11) is 0. The van der Waals surface area contributed by atoms with Crippen molar-refractivity contribution in [2.75, 3.05) is 11.9 Å². The molecule has 0 radical (unpaired) electrons. The highest BCUT2D eigenvalue weighted by Gasteiger charge is 2.20. The third-order valence-corrected chi connectivity index (χ3v) is 5.87. The summed E-state index contributed by atoms with van der Waals surface area (Å²) in [6, 6.07) is 16.4. The fourth-order valence-electron chi connectivity index (χ4n) is 4.10. The molecular weight excluding hydrogens is 399 g/mol. The maximum Gasteiger partial charge on any atom is 0.158 e. The van der Waals surface area contributed by atoms with Crippen LogP contribution in [-0.4, -0.2) is 21.1 Å². The summed E-state index contributed by atoms with van der Waals surface area (Å²) in [5.74, 6) is 0.740. The Morgan fingerprint density at radius 2 is 1.87 bits per heavy atom. The van der Waals surface area contributed by atoms with Crippen molar-refractivity contribution in [2.45, 2.75) is 32.1 Å². The second-order valence-corrected chi connectivity index (χ2v) is 8.14. The summed E-state index contributed by atoms with van der Waals surface area (Å²) >= 11 is 5.99. The van der Waals surface area contributed by atoms with Gasteiger partial charge in [-0.15, -0.1) is 0 Å². The Balaban J connectivity index is 1.50. The number of hydrogen-bond donors (Lipinski definition) is 1. The molecule has 4 aromatic rings. The van der Waals surface area contributed by atoms with Crippen LogP contribution in [0.15, 0.2) is 54.6 Å². The van der Waals surface area contributed by atoms with Crippen LogP contribution in [0.4, 0.5) is 10.2 Å². The van der Waals surface area contributed by atoms with Gasteiger partial charge in [0.25, 0.3) is 0 Å². The van der Waals surface area contributed by atoms with Gasteiger partial charge in [0.2, 0.25) is 0 Å². The fraction of sp³-hybridized carbons (Fsp3) is 0.250. The Bertz CT molecular complexity index is 1200. The van der Waals surface area contributed by atoms with Crippen molar-refractivity contribution in [1.82, 2.24) is 14.6 Å². The van der Waals surface area contributed by atoms with E-state index >= 15 is 0 Å². The Labute approximate surface area is 179 Å². The average Bonchev–Trinajstić information content (AvgIpc) is 3.18. The molecule has 4 nitrogen and oxygen atoms in total. The van der Waals surface area contributed by atoms with Gasteiger partial charge >= 0.3 is 0 Å². The third-order valence-electron chi connectivity index (χ3n) is 5.62. The van der Waals surface area contributed by atoms with Gasteiger partial charge in [-0.05, 0) is 61.9 Å². The molecule has 0 aliphatic heterocycles. The Hall–Kier alpha value is -2.92. The summed E-state index contributed by atoms with van der Waals surface area (Å²) in [4.78, 5) is 4.87. The third kappa shape index (κ3) is 3.77. The van der Waals surface area contributed by atoms with E-state index in [1.165, 1.54) is 23.3 Å². The van der Waals surface area contributed by atoms with E-state index < -0.39 is 0 Å². The maximum atomic E-state index is 13.7. The molecule has 0 fully saturated rings. The van der Waals surface area contributed by atoms with E-state index in [-0.39, 0.29) is 5.82 Å². The predicted octanol–water partition coefficient (Wildman–Crippen LogP) is 5.72. The highest BCUT2D eigenvalue weighted by Crippen LogP contribution is 2.30. The fourth-order valence-corrected chi connectivity index (χ4v) is 4.22. The number of halogens is 2. The number of anilines is 1. The minimum Gasteiger partial charge on any atom is -0.369 e. The molecule has 6 heteroatoms. The van der Waals surface area contributed by atoms with Gasteiger partial charge in [-0.2, -0.15) is 9.61 Å². The van der Waals surface area contributed by atoms with Crippen LogP contribution in [-0.2, 0) is 19.3 Å². The van der Waals surface area contributed by atoms with Crippen LogP contribution < -0.4 is 5.32 Å². The lowest BCUT2D eigenvalue weighted by molar-refractivity contribution is 0.628. The normalized spacial score (nSPS) is 13.4. The van der Waals surface area contributed by atoms with E-state index in [0.29, 0.717) is 0 Å². The molecule has 1 aliphatic carbocycles. The van der Waals surface area contributed by atoms with Crippen LogP contribution in [0.1, 0.15) is 29.7 Å². The number of nitrogens with zero attached hydrogens (tertiary/aromatic N) is 3. The van der Waals surface area contributed by atoms with Crippen molar-refractivity contribution in [2.24, 2.45) is 0 Å². The second-order valence-electron chi connectivity index (χ2n) is 7.71. The van der Waals surface area contributed by atoms with Crippen LogP contribution >= 0.6 is 11.6 Å². The van der Waals surface area contributed by atoms with E-state index in [1.807, 2.05) is 28.8 Å². The molecule has 0 saturated heterocycles. The van der Waals surface area contributed by atoms with Crippen LogP contribution in [0.25, 0.3) is 16.9 Å². The number of aryl methyl sites for hydroxylation is 1. The summed E-state index contributed by atoms with van der Waals surface area (Å²) in [6.07, 6.45) is 5.18. The Kier molecular flexibility index (Phi) is 5.13. The van der Waals surface area contributed by atoms with E-state index in [4.69, 9.17) is 21.7 Å². The van der Waals surface area contributed by atoms with Gasteiger partial charge < -0.3 is 5.32 Å². The lowest BCUT2D eigenvalue weighted by atomic mass is 9.96. The van der Waals surface area contributed by atoms with Gasteiger partial charge in [0.1, 0.15) is 11.6 Å². The summed E-state index contributed by atoms with van der Waals surface area (Å²) < 4.78 is 15.6. The number of rotatable bonds is 5. The van der Waals surface area contributed by atoms with E-state index in [2.05, 4.69) is 17.4 Å². The highest BCUT2D eigenvalue weighted by atomic mass is 35.5. The van der Waals surface area contributed by atoms with Gasteiger partial charge in [0.15, 0.2) is 5.65 Å². The molecule has 1 aliphatic rings. The average molecular weight is 421 g/mol. The summed E-state index contributed by atoms with van der Waals surface area (Å²) in [5, 5.41) is 9.13. The Morgan fingerprint density at radius 1 is 1.03 bits per heavy atom. The molecule has 0 spiro atoms. The van der Waals surface area contributed by atoms with Crippen molar-refractivity contribution in [3.05, 3.63) is 82.3 Å². The van der Waals surface area contributed by atoms with Crippen molar-refractivity contribution < 1.29 is 4.39 Å². The minimum atomic E-state index is -0.266. The molecule has 0 bridgehead atoms. The van der Waals surface area contributed by atoms with Gasteiger partial charge in [-0.3, -0.25) is 0 Å². The van der Waals surface area contributed by atoms with E-state index in [9.17, 15) is 4.39 Å². The van der Waals surface area contributed by atoms with Crippen molar-refractivity contribution in [1.29, 1.82) is 0 Å². The molecule has 152 valence electrons. The first kappa shape index (κ1) is 19.1. The number of benzene rings is 2. The molecule has 0 unspecified atom stereocenters. The second kappa shape index (κ2) is 8.07. The lowest BCUT2D eigenvalue weighted by Gasteiger charge is -2.20.